The average Bonchev–Trinajstić information content (AvgIpc) is 3.08. The Morgan fingerprint density at radius 2 is 1.80 bits per heavy atom. The molecule has 0 amide bonds. The van der Waals surface area contributed by atoms with Gasteiger partial charge in [0.15, 0.2) is 0 Å². The predicted octanol–water partition coefficient (Wildman–Crippen LogP) is 5.34. The second-order valence-corrected chi connectivity index (χ2v) is 6.38. The molecule has 0 radical (unpaired) electrons. The highest BCUT2D eigenvalue weighted by Crippen LogP contribution is 2.29. The third-order valence-electron chi connectivity index (χ3n) is 3.38. The van der Waals surface area contributed by atoms with Crippen LogP contribution in [0.3, 0.4) is 0 Å². The highest BCUT2D eigenvalue weighted by Gasteiger charge is 2.14. The van der Waals surface area contributed by atoms with Crippen molar-refractivity contribution in [2.75, 3.05) is 0 Å². The molecule has 3 rings (SSSR count). The van der Waals surface area contributed by atoms with Gasteiger partial charge in [-0.3, -0.25) is 4.79 Å². The van der Waals surface area contributed by atoms with Crippen LogP contribution in [0.2, 0.25) is 0 Å². The van der Waals surface area contributed by atoms with E-state index < -0.39 is 0 Å². The zero-order valence-electron chi connectivity index (χ0n) is 13.6. The summed E-state index contributed by atoms with van der Waals surface area (Å²) >= 11 is 1.06. The van der Waals surface area contributed by atoms with Crippen molar-refractivity contribution in [1.82, 2.24) is 4.98 Å². The molecule has 0 unspecified atom stereocenters. The number of aryl methyl sites for hydroxylation is 2. The van der Waals surface area contributed by atoms with Crippen molar-refractivity contribution in [3.63, 3.8) is 0 Å². The number of aromatic hydroxyl groups is 1. The first-order valence-electron chi connectivity index (χ1n) is 7.48. The summed E-state index contributed by atoms with van der Waals surface area (Å²) in [6, 6.07) is 12.7. The smallest absolute Gasteiger partial charge is 0.341 e. The number of azo groups is 1. The largest absolute Gasteiger partial charge is 0.507 e. The summed E-state index contributed by atoms with van der Waals surface area (Å²) in [6.45, 7) is 3.56. The third kappa shape index (κ3) is 4.13. The molecule has 0 spiro atoms. The summed E-state index contributed by atoms with van der Waals surface area (Å²) < 4.78 is 5.33. The summed E-state index contributed by atoms with van der Waals surface area (Å²) in [7, 11) is 0. The molecule has 0 bridgehead atoms. The van der Waals surface area contributed by atoms with Gasteiger partial charge in [-0.25, -0.2) is 0 Å². The van der Waals surface area contributed by atoms with Gasteiger partial charge in [0.1, 0.15) is 5.75 Å². The van der Waals surface area contributed by atoms with E-state index in [4.69, 9.17) is 4.42 Å². The van der Waals surface area contributed by atoms with Crippen molar-refractivity contribution in [2.24, 2.45) is 10.2 Å². The van der Waals surface area contributed by atoms with Crippen LogP contribution >= 0.6 is 11.8 Å². The Kier molecular flexibility index (Phi) is 4.95. The van der Waals surface area contributed by atoms with Crippen molar-refractivity contribution >= 4 is 28.6 Å². The lowest BCUT2D eigenvalue weighted by Crippen LogP contribution is -1.89. The van der Waals surface area contributed by atoms with Crippen molar-refractivity contribution in [2.45, 2.75) is 18.7 Å². The minimum Gasteiger partial charge on any atom is -0.507 e. The predicted molar refractivity (Wildman–Crippen MR) is 94.9 cm³/mol. The minimum absolute atomic E-state index is 0.000364. The molecule has 0 aliphatic rings. The first-order valence-corrected chi connectivity index (χ1v) is 8.29. The van der Waals surface area contributed by atoms with Crippen molar-refractivity contribution in [3.8, 4) is 5.75 Å². The number of phenols is 1. The molecule has 2 aromatic carbocycles. The highest BCUT2D eigenvalue weighted by molar-refractivity contribution is 8.14. The van der Waals surface area contributed by atoms with E-state index in [1.807, 2.05) is 30.3 Å². The zero-order valence-corrected chi connectivity index (χ0v) is 14.4. The van der Waals surface area contributed by atoms with E-state index in [0.29, 0.717) is 16.8 Å². The second-order valence-electron chi connectivity index (χ2n) is 5.34. The summed E-state index contributed by atoms with van der Waals surface area (Å²) in [4.78, 5) is 16.9. The summed E-state index contributed by atoms with van der Waals surface area (Å²) in [5, 5.41) is 17.4. The molecule has 1 aromatic heterocycles. The molecule has 0 aliphatic heterocycles. The molecular formula is C18H15N3O3S. The molecule has 7 heteroatoms. The van der Waals surface area contributed by atoms with E-state index in [1.165, 1.54) is 6.20 Å². The third-order valence-corrected chi connectivity index (χ3v) is 4.27. The number of hydrogen-bond donors (Lipinski definition) is 1. The first kappa shape index (κ1) is 16.9. The molecule has 0 fully saturated rings. The number of nitrogens with zero attached hydrogens (tertiary/aromatic N) is 3. The van der Waals surface area contributed by atoms with Gasteiger partial charge in [0, 0.05) is 4.90 Å². The summed E-state index contributed by atoms with van der Waals surface area (Å²) in [6.07, 6.45) is 1.33. The Morgan fingerprint density at radius 1 is 1.12 bits per heavy atom. The van der Waals surface area contributed by atoms with Gasteiger partial charge in [-0.1, -0.05) is 23.3 Å². The molecule has 6 nitrogen and oxygen atoms in total. The van der Waals surface area contributed by atoms with Gasteiger partial charge >= 0.3 is 6.01 Å². The summed E-state index contributed by atoms with van der Waals surface area (Å²) in [5.41, 5.74) is 1.98. The fourth-order valence-electron chi connectivity index (χ4n) is 2.14. The first-order chi connectivity index (χ1) is 12.0. The Labute approximate surface area is 148 Å². The van der Waals surface area contributed by atoms with Gasteiger partial charge < -0.3 is 9.52 Å². The van der Waals surface area contributed by atoms with E-state index in [1.54, 1.807) is 26.0 Å². The minimum atomic E-state index is -0.253. The van der Waals surface area contributed by atoms with E-state index in [0.717, 1.165) is 16.7 Å². The van der Waals surface area contributed by atoms with Crippen molar-refractivity contribution in [3.05, 3.63) is 65.5 Å². The quantitative estimate of drug-likeness (QED) is 0.505. The molecule has 0 saturated carbocycles. The van der Waals surface area contributed by atoms with Crippen LogP contribution in [-0.4, -0.2) is 15.2 Å². The van der Waals surface area contributed by atoms with Crippen LogP contribution in [0.1, 0.15) is 21.7 Å². The maximum absolute atomic E-state index is 12.2. The number of phenolic OH excluding ortho intramolecular Hbond substituents is 1. The van der Waals surface area contributed by atoms with Crippen LogP contribution in [0, 0.1) is 13.8 Å². The van der Waals surface area contributed by atoms with Crippen LogP contribution in [0.5, 0.6) is 5.75 Å². The Balaban J connectivity index is 1.72. The van der Waals surface area contributed by atoms with Crippen LogP contribution in [0.15, 0.2) is 68.2 Å². The maximum Gasteiger partial charge on any atom is 0.341 e. The molecule has 1 heterocycles. The topological polar surface area (TPSA) is 88.0 Å². The molecule has 25 heavy (non-hydrogen) atoms. The number of carbonyl (C=O) groups is 1. The number of aromatic nitrogens is 1. The Hall–Kier alpha value is -2.93. The van der Waals surface area contributed by atoms with Gasteiger partial charge in [-0.15, -0.1) is 5.11 Å². The maximum atomic E-state index is 12.2. The van der Waals surface area contributed by atoms with Gasteiger partial charge in [-0.05, 0) is 61.0 Å². The molecule has 126 valence electrons. The van der Waals surface area contributed by atoms with Crippen molar-refractivity contribution < 1.29 is 14.3 Å². The lowest BCUT2D eigenvalue weighted by Gasteiger charge is -2.03. The van der Waals surface area contributed by atoms with Gasteiger partial charge in [0.2, 0.25) is 5.76 Å². The molecule has 1 N–H and O–H groups in total. The monoisotopic (exact) mass is 353 g/mol. The standard InChI is InChI=1S/C18H15N3O3S/c1-11-8-13(9-12(2)16(11)22)20-21-18-19-10-15(24-18)17(23)25-14-6-4-3-5-7-14/h3-10,22H,1-2H3. The average molecular weight is 353 g/mol. The number of carbonyl (C=O) groups excluding carboxylic acids is 1. The van der Waals surface area contributed by atoms with E-state index in [9.17, 15) is 9.90 Å². The van der Waals surface area contributed by atoms with Gasteiger partial charge in [0.05, 0.1) is 11.9 Å². The van der Waals surface area contributed by atoms with Crippen LogP contribution < -0.4 is 0 Å². The summed E-state index contributed by atoms with van der Waals surface area (Å²) in [5.74, 6) is 0.349. The van der Waals surface area contributed by atoms with Crippen LogP contribution in [-0.2, 0) is 0 Å². The van der Waals surface area contributed by atoms with Gasteiger partial charge in [0.25, 0.3) is 5.12 Å². The molecular weight excluding hydrogens is 338 g/mol. The molecule has 0 atom stereocenters. The van der Waals surface area contributed by atoms with Gasteiger partial charge in [-0.2, -0.15) is 4.98 Å². The fraction of sp³-hybridized carbons (Fsp3) is 0.111. The van der Waals surface area contributed by atoms with Crippen LogP contribution in [0.4, 0.5) is 11.7 Å². The Bertz CT molecular complexity index is 913. The number of rotatable bonds is 4. The number of benzene rings is 2. The van der Waals surface area contributed by atoms with E-state index >= 15 is 0 Å². The number of thioether (sulfide) groups is 1. The van der Waals surface area contributed by atoms with E-state index in [-0.39, 0.29) is 22.6 Å². The molecule has 0 aliphatic carbocycles. The highest BCUT2D eigenvalue weighted by atomic mass is 32.2. The normalized spacial score (nSPS) is 11.1. The fourth-order valence-corrected chi connectivity index (χ4v) is 2.84. The number of hydrogen-bond acceptors (Lipinski definition) is 7. The lowest BCUT2D eigenvalue weighted by atomic mass is 10.1. The SMILES string of the molecule is Cc1cc(N=Nc2ncc(C(=O)Sc3ccccc3)o2)cc(C)c1O. The molecule has 3 aromatic rings. The zero-order chi connectivity index (χ0) is 17.8. The van der Waals surface area contributed by atoms with Crippen LogP contribution in [0.25, 0.3) is 0 Å². The number of oxazole rings is 1. The molecule has 0 saturated heterocycles. The lowest BCUT2D eigenvalue weighted by molar-refractivity contribution is 0.106. The van der Waals surface area contributed by atoms with Crippen molar-refractivity contribution in [1.29, 1.82) is 0 Å². The Morgan fingerprint density at radius 3 is 2.48 bits per heavy atom. The van der Waals surface area contributed by atoms with E-state index in [2.05, 4.69) is 15.2 Å². The second kappa shape index (κ2) is 7.31.